The van der Waals surface area contributed by atoms with E-state index in [2.05, 4.69) is 22.2 Å². The molecule has 0 unspecified atom stereocenters. The molecule has 0 atom stereocenters. The highest BCUT2D eigenvalue weighted by atomic mass is 16.3. The van der Waals surface area contributed by atoms with E-state index in [1.165, 1.54) is 18.2 Å². The molecule has 0 saturated heterocycles. The van der Waals surface area contributed by atoms with Crippen LogP contribution in [0, 0.1) is 6.92 Å². The zero-order chi connectivity index (χ0) is 18.4. The van der Waals surface area contributed by atoms with Gasteiger partial charge in [0.15, 0.2) is 0 Å². The van der Waals surface area contributed by atoms with Crippen molar-refractivity contribution in [3.63, 3.8) is 0 Å². The fraction of sp³-hybridized carbons (Fsp3) is 0.167. The van der Waals surface area contributed by atoms with Crippen molar-refractivity contribution in [1.29, 1.82) is 0 Å². The molecule has 0 bridgehead atoms. The van der Waals surface area contributed by atoms with E-state index in [4.69, 9.17) is 0 Å². The Morgan fingerprint density at radius 1 is 1.20 bits per heavy atom. The molecule has 2 rings (SSSR count). The minimum absolute atomic E-state index is 0.0243. The first kappa shape index (κ1) is 18.0. The average molecular weight is 341 g/mol. The Balaban J connectivity index is 2.17. The number of phenolic OH excluding ortho intramolecular Hbond substituents is 1. The second-order valence-corrected chi connectivity index (χ2v) is 5.35. The number of carbonyl (C=O) groups excluding carboxylic acids is 2. The molecule has 0 aliphatic heterocycles. The minimum atomic E-state index is -0.533. The molecule has 130 valence electrons. The normalized spacial score (nSPS) is 10.1. The lowest BCUT2D eigenvalue weighted by Gasteiger charge is -2.10. The van der Waals surface area contributed by atoms with Crippen LogP contribution in [0.3, 0.4) is 0 Å². The van der Waals surface area contributed by atoms with Gasteiger partial charge < -0.3 is 20.7 Å². The van der Waals surface area contributed by atoms with Gasteiger partial charge >= 0.3 is 0 Å². The van der Waals surface area contributed by atoms with Crippen LogP contribution in [0.1, 0.15) is 16.1 Å². The summed E-state index contributed by atoms with van der Waals surface area (Å²) in [7, 11) is 0. The van der Waals surface area contributed by atoms with Crippen molar-refractivity contribution in [3.8, 4) is 16.9 Å². The van der Waals surface area contributed by atoms with Gasteiger partial charge in [0.2, 0.25) is 5.91 Å². The van der Waals surface area contributed by atoms with E-state index in [-0.39, 0.29) is 30.3 Å². The molecule has 7 heteroatoms. The van der Waals surface area contributed by atoms with E-state index < -0.39 is 11.5 Å². The number of carbonyl (C=O) groups is 2. The third-order valence-electron chi connectivity index (χ3n) is 3.56. The quantitative estimate of drug-likeness (QED) is 0.465. The number of hydrogen-bond donors (Lipinski definition) is 4. The standard InChI is InChI=1S/C18H19N3O4/c1-3-16(23)19-8-9-20-17(24)15-10-14(11(2)21-18(15)25)12-4-6-13(22)7-5-12/h3-7,10,22H,1,8-9H2,2H3,(H,19,23)(H,20,24)(H,21,25). The van der Waals surface area contributed by atoms with Crippen LogP contribution in [-0.2, 0) is 4.79 Å². The number of phenols is 1. The number of H-pyrrole nitrogens is 1. The number of aromatic hydroxyl groups is 1. The molecule has 2 aromatic rings. The third kappa shape index (κ3) is 4.57. The van der Waals surface area contributed by atoms with Gasteiger partial charge in [0, 0.05) is 24.3 Å². The van der Waals surface area contributed by atoms with Crippen molar-refractivity contribution >= 4 is 11.8 Å². The number of amides is 2. The molecule has 0 radical (unpaired) electrons. The molecule has 25 heavy (non-hydrogen) atoms. The van der Waals surface area contributed by atoms with Gasteiger partial charge in [-0.1, -0.05) is 18.7 Å². The number of aryl methyl sites for hydroxylation is 1. The molecule has 0 saturated carbocycles. The smallest absolute Gasteiger partial charge is 0.261 e. The predicted octanol–water partition coefficient (Wildman–Crippen LogP) is 1.09. The average Bonchev–Trinajstić information content (AvgIpc) is 2.59. The van der Waals surface area contributed by atoms with Crippen LogP contribution < -0.4 is 16.2 Å². The summed E-state index contributed by atoms with van der Waals surface area (Å²) >= 11 is 0. The summed E-state index contributed by atoms with van der Waals surface area (Å²) in [5.41, 5.74) is 1.55. The summed E-state index contributed by atoms with van der Waals surface area (Å²) in [6, 6.07) is 7.97. The van der Waals surface area contributed by atoms with E-state index >= 15 is 0 Å². The Labute approximate surface area is 144 Å². The Morgan fingerprint density at radius 3 is 2.48 bits per heavy atom. The Bertz CT molecular complexity index is 854. The number of hydrogen-bond acceptors (Lipinski definition) is 4. The molecule has 4 N–H and O–H groups in total. The van der Waals surface area contributed by atoms with Crippen LogP contribution in [0.2, 0.25) is 0 Å². The van der Waals surface area contributed by atoms with Crippen LogP contribution in [0.25, 0.3) is 11.1 Å². The van der Waals surface area contributed by atoms with Gasteiger partial charge in [-0.15, -0.1) is 0 Å². The fourth-order valence-corrected chi connectivity index (χ4v) is 2.26. The summed E-state index contributed by atoms with van der Waals surface area (Å²) in [6.07, 6.45) is 1.14. The largest absolute Gasteiger partial charge is 0.508 e. The van der Waals surface area contributed by atoms with Crippen molar-refractivity contribution < 1.29 is 14.7 Å². The Morgan fingerprint density at radius 2 is 1.84 bits per heavy atom. The van der Waals surface area contributed by atoms with Crippen molar-refractivity contribution in [2.45, 2.75) is 6.92 Å². The maximum absolute atomic E-state index is 12.2. The van der Waals surface area contributed by atoms with Crippen molar-refractivity contribution in [3.05, 3.63) is 64.6 Å². The number of benzene rings is 1. The van der Waals surface area contributed by atoms with Crippen LogP contribution in [0.5, 0.6) is 5.75 Å². The number of nitrogens with one attached hydrogen (secondary N) is 3. The van der Waals surface area contributed by atoms with E-state index in [0.717, 1.165) is 11.6 Å². The monoisotopic (exact) mass is 341 g/mol. The van der Waals surface area contributed by atoms with Crippen molar-refractivity contribution in [1.82, 2.24) is 15.6 Å². The number of rotatable bonds is 6. The molecule has 0 spiro atoms. The third-order valence-corrected chi connectivity index (χ3v) is 3.56. The SMILES string of the molecule is C=CC(=O)NCCNC(=O)c1cc(-c2ccc(O)cc2)c(C)[nH]c1=O. The van der Waals surface area contributed by atoms with Gasteiger partial charge in [-0.05, 0) is 36.8 Å². The first-order valence-electron chi connectivity index (χ1n) is 7.64. The van der Waals surface area contributed by atoms with Gasteiger partial charge in [-0.25, -0.2) is 0 Å². The maximum atomic E-state index is 12.2. The molecule has 0 aliphatic carbocycles. The molecule has 2 amide bonds. The maximum Gasteiger partial charge on any atom is 0.261 e. The van der Waals surface area contributed by atoms with E-state index in [9.17, 15) is 19.5 Å². The fourth-order valence-electron chi connectivity index (χ4n) is 2.26. The zero-order valence-electron chi connectivity index (χ0n) is 13.8. The van der Waals surface area contributed by atoms with Crippen LogP contribution in [0.4, 0.5) is 0 Å². The lowest BCUT2D eigenvalue weighted by molar-refractivity contribution is -0.116. The number of aromatic nitrogens is 1. The van der Waals surface area contributed by atoms with Gasteiger partial charge in [0.25, 0.3) is 11.5 Å². The topological polar surface area (TPSA) is 111 Å². The van der Waals surface area contributed by atoms with E-state index in [0.29, 0.717) is 11.3 Å². The molecular weight excluding hydrogens is 322 g/mol. The molecule has 1 heterocycles. The molecule has 1 aromatic heterocycles. The first-order chi connectivity index (χ1) is 11.9. The Kier molecular flexibility index (Phi) is 5.73. The molecule has 1 aromatic carbocycles. The van der Waals surface area contributed by atoms with Crippen molar-refractivity contribution in [2.75, 3.05) is 13.1 Å². The van der Waals surface area contributed by atoms with Crippen molar-refractivity contribution in [2.24, 2.45) is 0 Å². The van der Waals surface area contributed by atoms with Crippen LogP contribution in [0.15, 0.2) is 47.8 Å². The van der Waals surface area contributed by atoms with Gasteiger partial charge in [0.05, 0.1) is 0 Å². The highest BCUT2D eigenvalue weighted by Gasteiger charge is 2.14. The zero-order valence-corrected chi connectivity index (χ0v) is 13.8. The predicted molar refractivity (Wildman–Crippen MR) is 94.4 cm³/mol. The summed E-state index contributed by atoms with van der Waals surface area (Å²) < 4.78 is 0. The first-order valence-corrected chi connectivity index (χ1v) is 7.64. The molecule has 0 fully saturated rings. The summed E-state index contributed by atoms with van der Waals surface area (Å²) in [6.45, 7) is 5.47. The second kappa shape index (κ2) is 7.96. The lowest BCUT2D eigenvalue weighted by atomic mass is 10.0. The number of aromatic amines is 1. The summed E-state index contributed by atoms with van der Waals surface area (Å²) in [5, 5.41) is 14.5. The molecule has 7 nitrogen and oxygen atoms in total. The second-order valence-electron chi connectivity index (χ2n) is 5.35. The molecular formula is C18H19N3O4. The summed E-state index contributed by atoms with van der Waals surface area (Å²) in [4.78, 5) is 38.0. The van der Waals surface area contributed by atoms with Gasteiger partial charge in [-0.2, -0.15) is 0 Å². The van der Waals surface area contributed by atoms with Gasteiger partial charge in [-0.3, -0.25) is 14.4 Å². The van der Waals surface area contributed by atoms with Crippen LogP contribution >= 0.6 is 0 Å². The number of pyridine rings is 1. The highest BCUT2D eigenvalue weighted by molar-refractivity contribution is 5.95. The summed E-state index contributed by atoms with van der Waals surface area (Å²) in [5.74, 6) is -0.739. The lowest BCUT2D eigenvalue weighted by Crippen LogP contribution is -2.36. The molecule has 0 aliphatic rings. The van der Waals surface area contributed by atoms with Gasteiger partial charge in [0.1, 0.15) is 11.3 Å². The highest BCUT2D eigenvalue weighted by Crippen LogP contribution is 2.24. The van der Waals surface area contributed by atoms with E-state index in [1.807, 2.05) is 0 Å². The van der Waals surface area contributed by atoms with E-state index in [1.54, 1.807) is 19.1 Å². The minimum Gasteiger partial charge on any atom is -0.508 e. The van der Waals surface area contributed by atoms with Crippen LogP contribution in [-0.4, -0.2) is 35.0 Å². The Hall–Kier alpha value is -3.35.